The van der Waals surface area contributed by atoms with Crippen molar-refractivity contribution in [3.63, 3.8) is 0 Å². The van der Waals surface area contributed by atoms with Gasteiger partial charge in [-0.15, -0.1) is 0 Å². The third-order valence-electron chi connectivity index (χ3n) is 6.38. The van der Waals surface area contributed by atoms with Crippen molar-refractivity contribution in [2.24, 2.45) is 0 Å². The smallest absolute Gasteiger partial charge is 0.259 e. The molecule has 7 heteroatoms. The third-order valence-corrected chi connectivity index (χ3v) is 7.87. The number of aryl methyl sites for hydroxylation is 2. The Morgan fingerprint density at radius 3 is 2.57 bits per heavy atom. The molecular weight excluding hydrogens is 507 g/mol. The Morgan fingerprint density at radius 1 is 0.946 bits per heavy atom. The number of halogens is 2. The van der Waals surface area contributed by atoms with E-state index in [1.165, 1.54) is 23.9 Å². The fourth-order valence-corrected chi connectivity index (χ4v) is 5.59. The second kappa shape index (κ2) is 10.4. The normalized spacial score (nSPS) is 12.5. The number of benzene rings is 4. The molecule has 37 heavy (non-hydrogen) atoms. The molecule has 186 valence electrons. The zero-order valence-corrected chi connectivity index (χ0v) is 21.9. The third kappa shape index (κ3) is 5.26. The lowest BCUT2D eigenvalue weighted by atomic mass is 10.0. The van der Waals surface area contributed by atoms with E-state index in [0.29, 0.717) is 28.9 Å². The van der Waals surface area contributed by atoms with Gasteiger partial charge in [0.25, 0.3) is 11.8 Å². The van der Waals surface area contributed by atoms with Crippen LogP contribution in [0.3, 0.4) is 0 Å². The summed E-state index contributed by atoms with van der Waals surface area (Å²) >= 11 is 7.63. The van der Waals surface area contributed by atoms with E-state index in [0.717, 1.165) is 26.5 Å². The van der Waals surface area contributed by atoms with E-state index < -0.39 is 5.82 Å². The van der Waals surface area contributed by atoms with E-state index in [-0.39, 0.29) is 23.4 Å². The fourth-order valence-electron chi connectivity index (χ4n) is 4.30. The van der Waals surface area contributed by atoms with Crippen molar-refractivity contribution in [3.05, 3.63) is 123 Å². The number of carbonyl (C=O) groups excluding carboxylic acids is 2. The number of rotatable bonds is 5. The Balaban J connectivity index is 1.50. The zero-order chi connectivity index (χ0) is 26.1. The molecule has 5 rings (SSSR count). The highest BCUT2D eigenvalue weighted by Crippen LogP contribution is 2.42. The highest BCUT2D eigenvalue weighted by Gasteiger charge is 2.28. The molecule has 0 saturated heterocycles. The van der Waals surface area contributed by atoms with Crippen molar-refractivity contribution in [2.75, 3.05) is 4.90 Å². The average Bonchev–Trinajstić information content (AvgIpc) is 2.99. The molecule has 1 aliphatic heterocycles. The number of hydrogen-bond donors (Lipinski definition) is 1. The van der Waals surface area contributed by atoms with Crippen LogP contribution < -0.4 is 10.2 Å². The first-order valence-corrected chi connectivity index (χ1v) is 13.0. The van der Waals surface area contributed by atoms with Gasteiger partial charge in [0.2, 0.25) is 0 Å². The van der Waals surface area contributed by atoms with Crippen LogP contribution in [0.4, 0.5) is 10.1 Å². The van der Waals surface area contributed by atoms with Gasteiger partial charge in [-0.2, -0.15) is 0 Å². The molecule has 0 fully saturated rings. The molecule has 1 N–H and O–H groups in total. The Bertz CT molecular complexity index is 1540. The van der Waals surface area contributed by atoms with Gasteiger partial charge in [0.15, 0.2) is 0 Å². The molecule has 2 amide bonds. The van der Waals surface area contributed by atoms with Gasteiger partial charge in [-0.05, 0) is 73.0 Å². The fraction of sp³-hybridized carbons (Fsp3) is 0.133. The number of fused-ring (bicyclic) bond motifs is 2. The summed E-state index contributed by atoms with van der Waals surface area (Å²) in [6.45, 7) is 4.60. The van der Waals surface area contributed by atoms with Crippen molar-refractivity contribution in [1.82, 2.24) is 5.32 Å². The van der Waals surface area contributed by atoms with E-state index in [9.17, 15) is 14.0 Å². The lowest BCUT2D eigenvalue weighted by Gasteiger charge is -2.25. The topological polar surface area (TPSA) is 49.4 Å². The standard InChI is InChI=1S/C30H24ClFN2O2S/c1-18-7-8-19(2)22(13-18)17-34-26-14-20(29(35)33-16-21-9-11-23(32)15-25(21)31)10-12-28(26)37-27-6-4-3-5-24(27)30(34)36/h3-15H,16-17H2,1-2H3,(H,33,35). The second-order valence-corrected chi connectivity index (χ2v) is 10.5. The maximum absolute atomic E-state index is 13.8. The molecule has 0 radical (unpaired) electrons. The first kappa shape index (κ1) is 25.1. The summed E-state index contributed by atoms with van der Waals surface area (Å²) in [5, 5.41) is 3.10. The first-order chi connectivity index (χ1) is 17.8. The minimum atomic E-state index is -0.432. The van der Waals surface area contributed by atoms with Crippen LogP contribution in [-0.4, -0.2) is 11.8 Å². The highest BCUT2D eigenvalue weighted by molar-refractivity contribution is 7.99. The molecular formula is C30H24ClFN2O2S. The number of nitrogens with one attached hydrogen (secondary N) is 1. The van der Waals surface area contributed by atoms with E-state index >= 15 is 0 Å². The maximum Gasteiger partial charge on any atom is 0.259 e. The molecule has 1 heterocycles. The van der Waals surface area contributed by atoms with Crippen molar-refractivity contribution in [2.45, 2.75) is 36.7 Å². The summed E-state index contributed by atoms with van der Waals surface area (Å²) in [6.07, 6.45) is 0. The molecule has 0 saturated carbocycles. The number of hydrogen-bond acceptors (Lipinski definition) is 3. The molecule has 4 aromatic carbocycles. The van der Waals surface area contributed by atoms with Crippen molar-refractivity contribution in [1.29, 1.82) is 0 Å². The van der Waals surface area contributed by atoms with E-state index in [1.54, 1.807) is 23.1 Å². The van der Waals surface area contributed by atoms with Gasteiger partial charge in [-0.1, -0.05) is 65.3 Å². The van der Waals surface area contributed by atoms with Crippen LogP contribution in [0.15, 0.2) is 88.7 Å². The van der Waals surface area contributed by atoms with Gasteiger partial charge in [-0.3, -0.25) is 9.59 Å². The lowest BCUT2D eigenvalue weighted by molar-refractivity contribution is 0.0947. The van der Waals surface area contributed by atoms with Gasteiger partial charge in [0, 0.05) is 26.9 Å². The maximum atomic E-state index is 13.8. The van der Waals surface area contributed by atoms with Gasteiger partial charge in [0.05, 0.1) is 17.8 Å². The second-order valence-electron chi connectivity index (χ2n) is 9.02. The van der Waals surface area contributed by atoms with E-state index in [4.69, 9.17) is 11.6 Å². The van der Waals surface area contributed by atoms with Crippen LogP contribution in [0.25, 0.3) is 0 Å². The van der Waals surface area contributed by atoms with E-state index in [2.05, 4.69) is 23.5 Å². The molecule has 4 aromatic rings. The molecule has 0 bridgehead atoms. The molecule has 0 aliphatic carbocycles. The molecule has 1 aliphatic rings. The van der Waals surface area contributed by atoms with Gasteiger partial charge in [-0.25, -0.2) is 4.39 Å². The minimum absolute atomic E-state index is 0.113. The SMILES string of the molecule is Cc1ccc(C)c(CN2C(=O)c3ccccc3Sc3ccc(C(=O)NCc4ccc(F)cc4Cl)cc32)c1. The van der Waals surface area contributed by atoms with Crippen LogP contribution in [0, 0.1) is 19.7 Å². The quantitative estimate of drug-likeness (QED) is 0.294. The summed E-state index contributed by atoms with van der Waals surface area (Å²) in [5.41, 5.74) is 5.60. The molecule has 0 atom stereocenters. The van der Waals surface area contributed by atoms with E-state index in [1.807, 2.05) is 44.2 Å². The summed E-state index contributed by atoms with van der Waals surface area (Å²) in [5.74, 6) is -0.856. The zero-order valence-electron chi connectivity index (χ0n) is 20.3. The first-order valence-electron chi connectivity index (χ1n) is 11.8. The van der Waals surface area contributed by atoms with Crippen molar-refractivity contribution >= 4 is 40.9 Å². The van der Waals surface area contributed by atoms with Crippen LogP contribution in [-0.2, 0) is 13.1 Å². The van der Waals surface area contributed by atoms with Crippen LogP contribution in [0.1, 0.15) is 43.0 Å². The van der Waals surface area contributed by atoms with Gasteiger partial charge in [0.1, 0.15) is 5.82 Å². The average molecular weight is 531 g/mol. The van der Waals surface area contributed by atoms with Crippen LogP contribution >= 0.6 is 23.4 Å². The number of amides is 2. The van der Waals surface area contributed by atoms with Gasteiger partial charge < -0.3 is 10.2 Å². The van der Waals surface area contributed by atoms with Gasteiger partial charge >= 0.3 is 0 Å². The number of anilines is 1. The van der Waals surface area contributed by atoms with Crippen molar-refractivity contribution in [3.8, 4) is 0 Å². The van der Waals surface area contributed by atoms with Crippen LogP contribution in [0.2, 0.25) is 5.02 Å². The predicted molar refractivity (Wildman–Crippen MR) is 146 cm³/mol. The molecule has 0 spiro atoms. The monoisotopic (exact) mass is 530 g/mol. The Labute approximate surface area is 224 Å². The molecule has 4 nitrogen and oxygen atoms in total. The summed E-state index contributed by atoms with van der Waals surface area (Å²) in [6, 6.07) is 23.2. The summed E-state index contributed by atoms with van der Waals surface area (Å²) in [7, 11) is 0. The number of carbonyl (C=O) groups is 2. The Morgan fingerprint density at radius 2 is 1.76 bits per heavy atom. The number of nitrogens with zero attached hydrogens (tertiary/aromatic N) is 1. The highest BCUT2D eigenvalue weighted by atomic mass is 35.5. The minimum Gasteiger partial charge on any atom is -0.348 e. The summed E-state index contributed by atoms with van der Waals surface area (Å²) < 4.78 is 13.4. The Hall–Kier alpha value is -3.61. The van der Waals surface area contributed by atoms with Crippen molar-refractivity contribution < 1.29 is 14.0 Å². The molecule has 0 aromatic heterocycles. The molecule has 0 unspecified atom stereocenters. The summed E-state index contributed by atoms with van der Waals surface area (Å²) in [4.78, 5) is 30.4. The largest absolute Gasteiger partial charge is 0.348 e. The van der Waals surface area contributed by atoms with Crippen LogP contribution in [0.5, 0.6) is 0 Å². The Kier molecular flexibility index (Phi) is 7.04. The lowest BCUT2D eigenvalue weighted by Crippen LogP contribution is -2.31. The predicted octanol–water partition coefficient (Wildman–Crippen LogP) is 7.34.